The van der Waals surface area contributed by atoms with Crippen molar-refractivity contribution in [2.45, 2.75) is 0 Å². The number of pyridine rings is 1. The van der Waals surface area contributed by atoms with Gasteiger partial charge in [-0.25, -0.2) is 14.5 Å². The first-order valence-electron chi connectivity index (χ1n) is 4.27. The van der Waals surface area contributed by atoms with Crippen LogP contribution in [0.25, 0.3) is 5.82 Å². The van der Waals surface area contributed by atoms with E-state index in [4.69, 9.17) is 22.4 Å². The highest BCUT2D eigenvalue weighted by Crippen LogP contribution is 2.15. The maximum atomic E-state index is 10.8. The lowest BCUT2D eigenvalue weighted by Gasteiger charge is -2.03. The lowest BCUT2D eigenvalue weighted by Crippen LogP contribution is -2.06. The van der Waals surface area contributed by atoms with Crippen molar-refractivity contribution in [3.8, 4) is 5.82 Å². The summed E-state index contributed by atoms with van der Waals surface area (Å²) in [5.74, 6) is -0.766. The molecular formula is C9H7ClN4O2. The first kappa shape index (κ1) is 10.4. The molecule has 0 spiro atoms. The topological polar surface area (TPSA) is 94.0 Å². The second-order valence-corrected chi connectivity index (χ2v) is 3.47. The van der Waals surface area contributed by atoms with Crippen molar-refractivity contribution in [3.63, 3.8) is 0 Å². The highest BCUT2D eigenvalue weighted by Gasteiger charge is 2.11. The van der Waals surface area contributed by atoms with Crippen LogP contribution in [0.15, 0.2) is 24.7 Å². The van der Waals surface area contributed by atoms with Crippen LogP contribution in [0.3, 0.4) is 0 Å². The van der Waals surface area contributed by atoms with Crippen molar-refractivity contribution in [3.05, 3.63) is 35.2 Å². The molecule has 0 aliphatic rings. The Morgan fingerprint density at radius 3 is 2.81 bits per heavy atom. The standard InChI is InChI=1S/C9H7ClN4O2/c10-5-2-13-14(4-5)8-1-6(9(15)16)7(11)3-12-8/h1-4H,11H2,(H,15,16). The number of nitrogens with two attached hydrogens (primary N) is 1. The van der Waals surface area contributed by atoms with Gasteiger partial charge in [0.1, 0.15) is 0 Å². The molecule has 3 N–H and O–H groups in total. The Labute approximate surface area is 95.3 Å². The lowest BCUT2D eigenvalue weighted by atomic mass is 10.2. The van der Waals surface area contributed by atoms with Crippen LogP contribution < -0.4 is 5.73 Å². The number of carbonyl (C=O) groups is 1. The zero-order valence-electron chi connectivity index (χ0n) is 7.96. The van der Waals surface area contributed by atoms with Gasteiger partial charge in [0.15, 0.2) is 5.82 Å². The molecule has 0 bridgehead atoms. The van der Waals surface area contributed by atoms with E-state index in [1.54, 1.807) is 0 Å². The van der Waals surface area contributed by atoms with Crippen LogP contribution in [0, 0.1) is 0 Å². The Bertz CT molecular complexity index is 552. The van der Waals surface area contributed by atoms with Gasteiger partial charge in [0, 0.05) is 0 Å². The van der Waals surface area contributed by atoms with E-state index in [1.807, 2.05) is 0 Å². The Hall–Kier alpha value is -2.08. The average molecular weight is 239 g/mol. The van der Waals surface area contributed by atoms with E-state index in [2.05, 4.69) is 10.1 Å². The molecular weight excluding hydrogens is 232 g/mol. The molecule has 2 heterocycles. The fourth-order valence-electron chi connectivity index (χ4n) is 1.19. The van der Waals surface area contributed by atoms with E-state index in [9.17, 15) is 4.79 Å². The van der Waals surface area contributed by atoms with Crippen LogP contribution in [0.5, 0.6) is 0 Å². The van der Waals surface area contributed by atoms with Crippen molar-refractivity contribution < 1.29 is 9.90 Å². The van der Waals surface area contributed by atoms with E-state index >= 15 is 0 Å². The molecule has 16 heavy (non-hydrogen) atoms. The zero-order chi connectivity index (χ0) is 11.7. The van der Waals surface area contributed by atoms with Gasteiger partial charge in [-0.1, -0.05) is 11.6 Å². The first-order chi connectivity index (χ1) is 7.58. The summed E-state index contributed by atoms with van der Waals surface area (Å²) in [6, 6.07) is 1.33. The highest BCUT2D eigenvalue weighted by atomic mass is 35.5. The number of aromatic nitrogens is 3. The second-order valence-electron chi connectivity index (χ2n) is 3.04. The van der Waals surface area contributed by atoms with Crippen molar-refractivity contribution in [1.29, 1.82) is 0 Å². The van der Waals surface area contributed by atoms with Crippen LogP contribution >= 0.6 is 11.6 Å². The minimum absolute atomic E-state index is 0.0170. The number of aromatic carboxylic acids is 1. The zero-order valence-corrected chi connectivity index (χ0v) is 8.72. The molecule has 0 unspecified atom stereocenters. The fourth-order valence-corrected chi connectivity index (χ4v) is 1.33. The van der Waals surface area contributed by atoms with Gasteiger partial charge in [-0.15, -0.1) is 0 Å². The van der Waals surface area contributed by atoms with E-state index in [-0.39, 0.29) is 11.3 Å². The predicted molar refractivity (Wildman–Crippen MR) is 57.7 cm³/mol. The SMILES string of the molecule is Nc1cnc(-n2cc(Cl)cn2)cc1C(=O)O. The number of hydrogen-bond acceptors (Lipinski definition) is 4. The van der Waals surface area contributed by atoms with Gasteiger partial charge < -0.3 is 10.8 Å². The largest absolute Gasteiger partial charge is 0.478 e. The maximum Gasteiger partial charge on any atom is 0.337 e. The van der Waals surface area contributed by atoms with Crippen molar-refractivity contribution in [2.75, 3.05) is 5.73 Å². The number of nitrogens with zero attached hydrogens (tertiary/aromatic N) is 3. The van der Waals surface area contributed by atoms with Crippen molar-refractivity contribution >= 4 is 23.3 Å². The predicted octanol–water partition coefficient (Wildman–Crippen LogP) is 1.20. The number of carboxylic acids is 1. The molecule has 82 valence electrons. The lowest BCUT2D eigenvalue weighted by molar-refractivity contribution is 0.0698. The molecule has 0 saturated heterocycles. The minimum Gasteiger partial charge on any atom is -0.478 e. The van der Waals surface area contributed by atoms with Gasteiger partial charge in [0.05, 0.1) is 34.9 Å². The van der Waals surface area contributed by atoms with E-state index < -0.39 is 5.97 Å². The van der Waals surface area contributed by atoms with Gasteiger partial charge in [0.2, 0.25) is 0 Å². The van der Waals surface area contributed by atoms with Gasteiger partial charge >= 0.3 is 5.97 Å². The smallest absolute Gasteiger partial charge is 0.337 e. The summed E-state index contributed by atoms with van der Waals surface area (Å²) in [5.41, 5.74) is 5.56. The number of rotatable bonds is 2. The second kappa shape index (κ2) is 3.82. The van der Waals surface area contributed by atoms with E-state index in [0.29, 0.717) is 10.8 Å². The third-order valence-electron chi connectivity index (χ3n) is 1.94. The molecule has 7 heteroatoms. The molecule has 0 amide bonds. The van der Waals surface area contributed by atoms with Crippen molar-refractivity contribution in [2.24, 2.45) is 0 Å². The molecule has 2 rings (SSSR count). The number of carboxylic acid groups (broad SMARTS) is 1. The highest BCUT2D eigenvalue weighted by molar-refractivity contribution is 6.30. The summed E-state index contributed by atoms with van der Waals surface area (Å²) in [6.07, 6.45) is 4.22. The van der Waals surface area contributed by atoms with Crippen LogP contribution in [-0.4, -0.2) is 25.8 Å². The minimum atomic E-state index is -1.11. The van der Waals surface area contributed by atoms with Crippen LogP contribution in [0.1, 0.15) is 10.4 Å². The summed E-state index contributed by atoms with van der Waals surface area (Å²) < 4.78 is 1.37. The van der Waals surface area contributed by atoms with Gasteiger partial charge in [-0.05, 0) is 6.07 Å². The van der Waals surface area contributed by atoms with Gasteiger partial charge in [-0.3, -0.25) is 0 Å². The van der Waals surface area contributed by atoms with Crippen LogP contribution in [-0.2, 0) is 0 Å². The summed E-state index contributed by atoms with van der Waals surface area (Å²) in [5, 5.41) is 13.2. The Kier molecular flexibility index (Phi) is 2.49. The van der Waals surface area contributed by atoms with Crippen LogP contribution in [0.2, 0.25) is 5.02 Å². The monoisotopic (exact) mass is 238 g/mol. The van der Waals surface area contributed by atoms with Gasteiger partial charge in [0.25, 0.3) is 0 Å². The number of nitrogen functional groups attached to an aromatic ring is 1. The fraction of sp³-hybridized carbons (Fsp3) is 0. The molecule has 0 aliphatic heterocycles. The summed E-state index contributed by atoms with van der Waals surface area (Å²) >= 11 is 5.69. The summed E-state index contributed by atoms with van der Waals surface area (Å²) in [7, 11) is 0. The summed E-state index contributed by atoms with van der Waals surface area (Å²) in [4.78, 5) is 14.8. The molecule has 0 saturated carbocycles. The molecule has 0 radical (unpaired) electrons. The third kappa shape index (κ3) is 1.82. The molecule has 2 aromatic rings. The Morgan fingerprint density at radius 1 is 1.50 bits per heavy atom. The molecule has 0 atom stereocenters. The Balaban J connectivity index is 2.51. The summed E-state index contributed by atoms with van der Waals surface area (Å²) in [6.45, 7) is 0. The van der Waals surface area contributed by atoms with Crippen molar-refractivity contribution in [1.82, 2.24) is 14.8 Å². The number of anilines is 1. The Morgan fingerprint density at radius 2 is 2.25 bits per heavy atom. The molecule has 0 aromatic carbocycles. The molecule has 2 aromatic heterocycles. The number of halogens is 1. The number of hydrogen-bond donors (Lipinski definition) is 2. The molecule has 0 fully saturated rings. The van der Waals surface area contributed by atoms with Gasteiger partial charge in [-0.2, -0.15) is 5.10 Å². The van der Waals surface area contributed by atoms with Crippen LogP contribution in [0.4, 0.5) is 5.69 Å². The van der Waals surface area contributed by atoms with E-state index in [1.165, 1.54) is 29.3 Å². The first-order valence-corrected chi connectivity index (χ1v) is 4.65. The van der Waals surface area contributed by atoms with E-state index in [0.717, 1.165) is 0 Å². The maximum absolute atomic E-state index is 10.8. The quantitative estimate of drug-likeness (QED) is 0.820. The average Bonchev–Trinajstić information content (AvgIpc) is 2.65. The third-order valence-corrected chi connectivity index (χ3v) is 2.13. The molecule has 6 nitrogen and oxygen atoms in total. The normalized spacial score (nSPS) is 10.3. The molecule has 0 aliphatic carbocycles.